The zero-order valence-electron chi connectivity index (χ0n) is 10.4. The van der Waals surface area contributed by atoms with Crippen molar-refractivity contribution in [3.05, 3.63) is 29.6 Å². The van der Waals surface area contributed by atoms with Gasteiger partial charge in [-0.1, -0.05) is 0 Å². The lowest BCUT2D eigenvalue weighted by atomic mass is 10.2. The molecule has 0 radical (unpaired) electrons. The van der Waals surface area contributed by atoms with E-state index in [-0.39, 0.29) is 36.6 Å². The molecule has 0 spiro atoms. The SMILES string of the molecule is CSc1ccc(F)cc1CNC(=O)CC(C)N.Cl. The Kier molecular flexibility index (Phi) is 7.98. The molecule has 1 amide bonds. The van der Waals surface area contributed by atoms with Gasteiger partial charge in [-0.15, -0.1) is 24.2 Å². The third kappa shape index (κ3) is 5.71. The molecule has 0 fully saturated rings. The van der Waals surface area contributed by atoms with Gasteiger partial charge in [0, 0.05) is 23.9 Å². The van der Waals surface area contributed by atoms with Gasteiger partial charge in [0.25, 0.3) is 0 Å². The number of thioether (sulfide) groups is 1. The minimum absolute atomic E-state index is 0. The van der Waals surface area contributed by atoms with E-state index in [0.717, 1.165) is 10.5 Å². The van der Waals surface area contributed by atoms with Crippen LogP contribution in [-0.2, 0) is 11.3 Å². The first-order valence-electron chi connectivity index (χ1n) is 5.37. The molecule has 18 heavy (non-hydrogen) atoms. The zero-order valence-corrected chi connectivity index (χ0v) is 12.0. The highest BCUT2D eigenvalue weighted by atomic mass is 35.5. The highest BCUT2D eigenvalue weighted by Gasteiger charge is 2.07. The maximum Gasteiger partial charge on any atom is 0.221 e. The quantitative estimate of drug-likeness (QED) is 0.819. The van der Waals surface area contributed by atoms with Crippen molar-refractivity contribution in [3.63, 3.8) is 0 Å². The summed E-state index contributed by atoms with van der Waals surface area (Å²) in [6.07, 6.45) is 2.20. The van der Waals surface area contributed by atoms with E-state index in [9.17, 15) is 9.18 Å². The van der Waals surface area contributed by atoms with E-state index in [0.29, 0.717) is 6.54 Å². The number of hydrogen-bond donors (Lipinski definition) is 2. The van der Waals surface area contributed by atoms with Gasteiger partial charge < -0.3 is 11.1 Å². The van der Waals surface area contributed by atoms with E-state index in [4.69, 9.17) is 5.73 Å². The number of nitrogens with two attached hydrogens (primary N) is 1. The summed E-state index contributed by atoms with van der Waals surface area (Å²) in [5.41, 5.74) is 6.31. The number of amides is 1. The summed E-state index contributed by atoms with van der Waals surface area (Å²) >= 11 is 1.53. The monoisotopic (exact) mass is 292 g/mol. The summed E-state index contributed by atoms with van der Waals surface area (Å²) in [6, 6.07) is 4.41. The van der Waals surface area contributed by atoms with Crippen molar-refractivity contribution >= 4 is 30.1 Å². The van der Waals surface area contributed by atoms with Gasteiger partial charge in [-0.25, -0.2) is 4.39 Å². The second-order valence-corrected chi connectivity index (χ2v) is 4.76. The van der Waals surface area contributed by atoms with Crippen LogP contribution in [0.3, 0.4) is 0 Å². The number of carbonyl (C=O) groups is 1. The first-order chi connectivity index (χ1) is 8.02. The van der Waals surface area contributed by atoms with Gasteiger partial charge in [-0.05, 0) is 36.9 Å². The van der Waals surface area contributed by atoms with Gasteiger partial charge in [0.2, 0.25) is 5.91 Å². The fourth-order valence-electron chi connectivity index (χ4n) is 1.44. The molecule has 0 aromatic heterocycles. The summed E-state index contributed by atoms with van der Waals surface area (Å²) in [6.45, 7) is 2.11. The van der Waals surface area contributed by atoms with Crippen LogP contribution < -0.4 is 11.1 Å². The van der Waals surface area contributed by atoms with Gasteiger partial charge >= 0.3 is 0 Å². The van der Waals surface area contributed by atoms with Crippen LogP contribution in [0.4, 0.5) is 4.39 Å². The molecule has 0 aliphatic rings. The molecule has 0 saturated carbocycles. The lowest BCUT2D eigenvalue weighted by Gasteiger charge is -2.10. The second kappa shape index (κ2) is 8.34. The molecule has 0 aliphatic heterocycles. The first-order valence-corrected chi connectivity index (χ1v) is 6.60. The molecule has 0 saturated heterocycles. The molecule has 102 valence electrons. The van der Waals surface area contributed by atoms with Gasteiger partial charge in [-0.3, -0.25) is 4.79 Å². The van der Waals surface area contributed by atoms with E-state index in [2.05, 4.69) is 5.32 Å². The van der Waals surface area contributed by atoms with Crippen molar-refractivity contribution in [2.24, 2.45) is 5.73 Å². The number of nitrogens with one attached hydrogen (secondary N) is 1. The van der Waals surface area contributed by atoms with Crippen molar-refractivity contribution in [2.75, 3.05) is 6.26 Å². The number of carbonyl (C=O) groups excluding carboxylic acids is 1. The molecule has 6 heteroatoms. The molecule has 0 aliphatic carbocycles. The Hall–Kier alpha value is -0.780. The first kappa shape index (κ1) is 17.2. The van der Waals surface area contributed by atoms with Crippen LogP contribution >= 0.6 is 24.2 Å². The van der Waals surface area contributed by atoms with E-state index in [1.165, 1.54) is 23.9 Å². The molecule has 0 heterocycles. The van der Waals surface area contributed by atoms with Crippen LogP contribution in [-0.4, -0.2) is 18.2 Å². The van der Waals surface area contributed by atoms with Crippen LogP contribution in [0.1, 0.15) is 18.9 Å². The summed E-state index contributed by atoms with van der Waals surface area (Å²) in [4.78, 5) is 12.4. The normalized spacial score (nSPS) is 11.6. The van der Waals surface area contributed by atoms with E-state index < -0.39 is 0 Å². The van der Waals surface area contributed by atoms with Crippen LogP contribution in [0.15, 0.2) is 23.1 Å². The summed E-state index contributed by atoms with van der Waals surface area (Å²) in [5, 5.41) is 2.73. The van der Waals surface area contributed by atoms with Crippen molar-refractivity contribution in [2.45, 2.75) is 30.8 Å². The van der Waals surface area contributed by atoms with E-state index >= 15 is 0 Å². The molecule has 1 rings (SSSR count). The molecule has 0 bridgehead atoms. The highest BCUT2D eigenvalue weighted by molar-refractivity contribution is 7.98. The van der Waals surface area contributed by atoms with Gasteiger partial charge in [0.1, 0.15) is 5.82 Å². The fraction of sp³-hybridized carbons (Fsp3) is 0.417. The summed E-state index contributed by atoms with van der Waals surface area (Å²) in [7, 11) is 0. The van der Waals surface area contributed by atoms with E-state index in [1.54, 1.807) is 13.0 Å². The third-order valence-corrected chi connectivity index (χ3v) is 3.06. The third-order valence-electron chi connectivity index (χ3n) is 2.23. The molecule has 1 unspecified atom stereocenters. The average Bonchev–Trinajstić information content (AvgIpc) is 2.25. The minimum atomic E-state index is -0.292. The lowest BCUT2D eigenvalue weighted by Crippen LogP contribution is -2.29. The molecular formula is C12H18ClFN2OS. The maximum absolute atomic E-state index is 13.1. The van der Waals surface area contributed by atoms with Crippen LogP contribution in [0.2, 0.25) is 0 Å². The number of hydrogen-bond acceptors (Lipinski definition) is 3. The topological polar surface area (TPSA) is 55.1 Å². The molecule has 3 nitrogen and oxygen atoms in total. The van der Waals surface area contributed by atoms with E-state index in [1.807, 2.05) is 6.26 Å². The predicted molar refractivity (Wildman–Crippen MR) is 75.5 cm³/mol. The Bertz CT molecular complexity index is 402. The standard InChI is InChI=1S/C12H17FN2OS.ClH/c1-8(14)5-12(16)15-7-9-6-10(13)3-4-11(9)17-2;/h3-4,6,8H,5,7,14H2,1-2H3,(H,15,16);1H. The molecule has 1 aromatic carbocycles. The fourth-order valence-corrected chi connectivity index (χ4v) is 2.04. The van der Waals surface area contributed by atoms with Crippen molar-refractivity contribution in [1.29, 1.82) is 0 Å². The Labute approximate surface area is 117 Å². The Morgan fingerprint density at radius 3 is 2.78 bits per heavy atom. The van der Waals surface area contributed by atoms with Gasteiger partial charge in [0.15, 0.2) is 0 Å². The highest BCUT2D eigenvalue weighted by Crippen LogP contribution is 2.21. The lowest BCUT2D eigenvalue weighted by molar-refractivity contribution is -0.121. The smallest absolute Gasteiger partial charge is 0.221 e. The average molecular weight is 293 g/mol. The van der Waals surface area contributed by atoms with Crippen molar-refractivity contribution in [3.8, 4) is 0 Å². The Balaban J connectivity index is 0.00000289. The van der Waals surface area contributed by atoms with Crippen molar-refractivity contribution < 1.29 is 9.18 Å². The van der Waals surface area contributed by atoms with Crippen LogP contribution in [0.5, 0.6) is 0 Å². The number of halogens is 2. The molecular weight excluding hydrogens is 275 g/mol. The largest absolute Gasteiger partial charge is 0.352 e. The molecule has 3 N–H and O–H groups in total. The van der Waals surface area contributed by atoms with Gasteiger partial charge in [0.05, 0.1) is 0 Å². The Morgan fingerprint density at radius 2 is 2.22 bits per heavy atom. The number of rotatable bonds is 5. The Morgan fingerprint density at radius 1 is 1.56 bits per heavy atom. The second-order valence-electron chi connectivity index (χ2n) is 3.91. The summed E-state index contributed by atoms with van der Waals surface area (Å²) in [5.74, 6) is -0.407. The van der Waals surface area contributed by atoms with Crippen LogP contribution in [0, 0.1) is 5.82 Å². The molecule has 1 atom stereocenters. The van der Waals surface area contributed by atoms with Gasteiger partial charge in [-0.2, -0.15) is 0 Å². The number of benzene rings is 1. The maximum atomic E-state index is 13.1. The minimum Gasteiger partial charge on any atom is -0.352 e. The zero-order chi connectivity index (χ0) is 12.8. The van der Waals surface area contributed by atoms with Crippen LogP contribution in [0.25, 0.3) is 0 Å². The predicted octanol–water partition coefficient (Wildman–Crippen LogP) is 2.32. The molecule has 1 aromatic rings. The van der Waals surface area contributed by atoms with Crippen molar-refractivity contribution in [1.82, 2.24) is 5.32 Å². The summed E-state index contributed by atoms with van der Waals surface area (Å²) < 4.78 is 13.1.